The average Bonchev–Trinajstić information content (AvgIpc) is 2.82. The highest BCUT2D eigenvalue weighted by molar-refractivity contribution is 7.91. The molecule has 0 aromatic heterocycles. The van der Waals surface area contributed by atoms with E-state index in [9.17, 15) is 22.7 Å². The topological polar surface area (TPSA) is 95.5 Å². The van der Waals surface area contributed by atoms with Gasteiger partial charge in [-0.05, 0) is 30.0 Å². The summed E-state index contributed by atoms with van der Waals surface area (Å²) in [6.45, 7) is 0.276. The van der Waals surface area contributed by atoms with Crippen molar-refractivity contribution in [2.45, 2.75) is 12.5 Å². The summed E-state index contributed by atoms with van der Waals surface area (Å²) >= 11 is 0. The van der Waals surface area contributed by atoms with Crippen LogP contribution >= 0.6 is 0 Å². The Labute approximate surface area is 128 Å². The molecule has 0 aliphatic carbocycles. The third kappa shape index (κ3) is 4.96. The molecular weight excluding hydrogens is 311 g/mol. The molecule has 1 aliphatic heterocycles. The molecular formula is C14H19FN2O4S. The number of benzene rings is 1. The van der Waals surface area contributed by atoms with Gasteiger partial charge in [-0.1, -0.05) is 12.1 Å². The maximum Gasteiger partial charge on any atom is 0.314 e. The van der Waals surface area contributed by atoms with Gasteiger partial charge < -0.3 is 15.7 Å². The van der Waals surface area contributed by atoms with Crippen LogP contribution in [0.1, 0.15) is 18.1 Å². The molecule has 0 saturated carbocycles. The van der Waals surface area contributed by atoms with Crippen LogP contribution in [0.4, 0.5) is 9.18 Å². The highest BCUT2D eigenvalue weighted by Crippen LogP contribution is 2.17. The van der Waals surface area contributed by atoms with Crippen molar-refractivity contribution < 1.29 is 22.7 Å². The first-order chi connectivity index (χ1) is 10.4. The number of urea groups is 1. The van der Waals surface area contributed by atoms with Crippen LogP contribution in [0.15, 0.2) is 24.3 Å². The van der Waals surface area contributed by atoms with Crippen molar-refractivity contribution in [3.05, 3.63) is 35.6 Å². The summed E-state index contributed by atoms with van der Waals surface area (Å²) in [5, 5.41) is 15.0. The number of aliphatic hydroxyl groups is 1. The number of nitrogens with one attached hydrogen (secondary N) is 2. The second-order valence-electron chi connectivity index (χ2n) is 5.43. The predicted octanol–water partition coefficient (Wildman–Crippen LogP) is 0.593. The molecule has 122 valence electrons. The van der Waals surface area contributed by atoms with Gasteiger partial charge in [-0.15, -0.1) is 0 Å². The van der Waals surface area contributed by atoms with Crippen molar-refractivity contribution in [3.8, 4) is 0 Å². The summed E-state index contributed by atoms with van der Waals surface area (Å²) in [6, 6.07) is 4.90. The van der Waals surface area contributed by atoms with E-state index in [-0.39, 0.29) is 30.5 Å². The molecule has 8 heteroatoms. The Morgan fingerprint density at radius 1 is 1.32 bits per heavy atom. The predicted molar refractivity (Wildman–Crippen MR) is 79.5 cm³/mol. The van der Waals surface area contributed by atoms with E-state index in [2.05, 4.69) is 10.6 Å². The molecule has 2 atom stereocenters. The van der Waals surface area contributed by atoms with Gasteiger partial charge in [0.25, 0.3) is 0 Å². The number of rotatable bonds is 5. The zero-order valence-corrected chi connectivity index (χ0v) is 12.8. The van der Waals surface area contributed by atoms with E-state index < -0.39 is 27.8 Å². The van der Waals surface area contributed by atoms with E-state index >= 15 is 0 Å². The third-order valence-corrected chi connectivity index (χ3v) is 5.43. The quantitative estimate of drug-likeness (QED) is 0.736. The lowest BCUT2D eigenvalue weighted by molar-refractivity contribution is 0.173. The van der Waals surface area contributed by atoms with Crippen LogP contribution in [0, 0.1) is 11.7 Å². The van der Waals surface area contributed by atoms with Crippen LogP contribution in [0.25, 0.3) is 0 Å². The number of hydrogen-bond donors (Lipinski definition) is 3. The molecule has 1 aliphatic rings. The SMILES string of the molecule is O=C(NC[C@H]1CCS(=O)(=O)C1)NC[C@H](O)c1ccc(F)cc1. The zero-order valence-electron chi connectivity index (χ0n) is 12.0. The van der Waals surface area contributed by atoms with Gasteiger partial charge in [0.15, 0.2) is 9.84 Å². The maximum absolute atomic E-state index is 12.8. The van der Waals surface area contributed by atoms with Crippen molar-refractivity contribution in [2.24, 2.45) is 5.92 Å². The van der Waals surface area contributed by atoms with E-state index in [0.717, 1.165) is 0 Å². The number of halogens is 1. The van der Waals surface area contributed by atoms with Crippen LogP contribution in [-0.4, -0.2) is 44.2 Å². The first-order valence-electron chi connectivity index (χ1n) is 7.01. The molecule has 1 saturated heterocycles. The monoisotopic (exact) mass is 330 g/mol. The van der Waals surface area contributed by atoms with Gasteiger partial charge in [0, 0.05) is 13.1 Å². The largest absolute Gasteiger partial charge is 0.387 e. The van der Waals surface area contributed by atoms with Crippen LogP contribution in [0.5, 0.6) is 0 Å². The highest BCUT2D eigenvalue weighted by Gasteiger charge is 2.27. The average molecular weight is 330 g/mol. The fraction of sp³-hybridized carbons (Fsp3) is 0.500. The Balaban J connectivity index is 1.70. The van der Waals surface area contributed by atoms with E-state index in [1.54, 1.807) is 0 Å². The molecule has 0 spiro atoms. The number of amides is 2. The minimum Gasteiger partial charge on any atom is -0.387 e. The smallest absolute Gasteiger partial charge is 0.314 e. The van der Waals surface area contributed by atoms with Gasteiger partial charge in [-0.2, -0.15) is 0 Å². The fourth-order valence-corrected chi connectivity index (χ4v) is 4.19. The van der Waals surface area contributed by atoms with E-state index in [4.69, 9.17) is 0 Å². The van der Waals surface area contributed by atoms with Gasteiger partial charge in [0.1, 0.15) is 5.82 Å². The molecule has 0 unspecified atom stereocenters. The van der Waals surface area contributed by atoms with Gasteiger partial charge >= 0.3 is 6.03 Å². The van der Waals surface area contributed by atoms with E-state index in [1.165, 1.54) is 24.3 Å². The molecule has 22 heavy (non-hydrogen) atoms. The molecule has 6 nitrogen and oxygen atoms in total. The second-order valence-corrected chi connectivity index (χ2v) is 7.66. The number of carbonyl (C=O) groups is 1. The standard InChI is InChI=1S/C14H19FN2O4S/c15-12-3-1-11(2-4-12)13(18)8-17-14(19)16-7-10-5-6-22(20,21)9-10/h1-4,10,13,18H,5-9H2,(H2,16,17,19)/t10-,13+/m1/s1. The lowest BCUT2D eigenvalue weighted by Gasteiger charge is -2.14. The van der Waals surface area contributed by atoms with Crippen molar-refractivity contribution in [1.29, 1.82) is 0 Å². The van der Waals surface area contributed by atoms with Crippen molar-refractivity contribution in [1.82, 2.24) is 10.6 Å². The van der Waals surface area contributed by atoms with Crippen molar-refractivity contribution in [3.63, 3.8) is 0 Å². The molecule has 1 aromatic rings. The van der Waals surface area contributed by atoms with Crippen molar-refractivity contribution in [2.75, 3.05) is 24.6 Å². The molecule has 1 aromatic carbocycles. The number of aliphatic hydroxyl groups excluding tert-OH is 1. The molecule has 2 rings (SSSR count). The van der Waals surface area contributed by atoms with Crippen LogP contribution in [0.3, 0.4) is 0 Å². The van der Waals surface area contributed by atoms with Crippen LogP contribution in [0.2, 0.25) is 0 Å². The summed E-state index contributed by atoms with van der Waals surface area (Å²) in [7, 11) is -2.95. The summed E-state index contributed by atoms with van der Waals surface area (Å²) in [4.78, 5) is 11.6. The second kappa shape index (κ2) is 7.06. The Morgan fingerprint density at radius 3 is 2.59 bits per heavy atom. The molecule has 1 fully saturated rings. The molecule has 2 amide bonds. The minimum atomic E-state index is -2.95. The van der Waals surface area contributed by atoms with Crippen LogP contribution in [-0.2, 0) is 9.84 Å². The van der Waals surface area contributed by atoms with Gasteiger partial charge in [0.05, 0.1) is 17.6 Å². The summed E-state index contributed by atoms with van der Waals surface area (Å²) in [5.74, 6) is -0.179. The van der Waals surface area contributed by atoms with Gasteiger partial charge in [-0.3, -0.25) is 0 Å². The van der Waals surface area contributed by atoms with Gasteiger partial charge in [0.2, 0.25) is 0 Å². The lowest BCUT2D eigenvalue weighted by atomic mass is 10.1. The van der Waals surface area contributed by atoms with E-state index in [0.29, 0.717) is 12.0 Å². The minimum absolute atomic E-state index is 0.0135. The molecule has 0 radical (unpaired) electrons. The number of sulfone groups is 1. The van der Waals surface area contributed by atoms with E-state index in [1.807, 2.05) is 0 Å². The molecule has 3 N–H and O–H groups in total. The lowest BCUT2D eigenvalue weighted by Crippen LogP contribution is -2.40. The Kier molecular flexibility index (Phi) is 5.36. The summed E-state index contributed by atoms with van der Waals surface area (Å²) in [5.41, 5.74) is 0.503. The molecule has 1 heterocycles. The Bertz CT molecular complexity index is 618. The first kappa shape index (κ1) is 16.7. The number of hydrogen-bond acceptors (Lipinski definition) is 4. The fourth-order valence-electron chi connectivity index (χ4n) is 2.32. The summed E-state index contributed by atoms with van der Waals surface area (Å²) < 4.78 is 35.3. The van der Waals surface area contributed by atoms with Crippen molar-refractivity contribution >= 4 is 15.9 Å². The van der Waals surface area contributed by atoms with Gasteiger partial charge in [-0.25, -0.2) is 17.6 Å². The highest BCUT2D eigenvalue weighted by atomic mass is 32.2. The molecule has 0 bridgehead atoms. The zero-order chi connectivity index (χ0) is 16.2. The Hall–Kier alpha value is -1.67. The number of carbonyl (C=O) groups excluding carboxylic acids is 1. The summed E-state index contributed by atoms with van der Waals surface area (Å²) in [6.07, 6.45) is -0.376. The maximum atomic E-state index is 12.8. The van der Waals surface area contributed by atoms with Crippen LogP contribution < -0.4 is 10.6 Å². The normalized spacial score (nSPS) is 21.3. The Morgan fingerprint density at radius 2 is 2.00 bits per heavy atom. The first-order valence-corrected chi connectivity index (χ1v) is 8.83. The third-order valence-electron chi connectivity index (χ3n) is 3.59.